The third-order valence-electron chi connectivity index (χ3n) is 2.80. The van der Waals surface area contributed by atoms with Gasteiger partial charge in [-0.2, -0.15) is 0 Å². The Morgan fingerprint density at radius 2 is 2.05 bits per heavy atom. The Hall–Kier alpha value is -1.69. The Morgan fingerprint density at radius 3 is 2.75 bits per heavy atom. The van der Waals surface area contributed by atoms with Crippen molar-refractivity contribution < 1.29 is 4.79 Å². The maximum atomic E-state index is 11.9. The minimum atomic E-state index is -0.141. The van der Waals surface area contributed by atoms with Crippen molar-refractivity contribution in [1.82, 2.24) is 20.2 Å². The van der Waals surface area contributed by atoms with Crippen molar-refractivity contribution in [2.45, 2.75) is 26.2 Å². The van der Waals surface area contributed by atoms with Crippen LogP contribution in [-0.4, -0.2) is 54.5 Å². The van der Waals surface area contributed by atoms with Crippen LogP contribution in [0, 0.1) is 0 Å². The molecule has 1 aromatic rings. The molecule has 0 saturated heterocycles. The van der Waals surface area contributed by atoms with Crippen LogP contribution in [0.3, 0.4) is 0 Å². The third-order valence-corrected chi connectivity index (χ3v) is 2.80. The van der Waals surface area contributed by atoms with Crippen molar-refractivity contribution in [2.75, 3.05) is 39.0 Å². The third kappa shape index (κ3) is 6.47. The summed E-state index contributed by atoms with van der Waals surface area (Å²) >= 11 is 0. The van der Waals surface area contributed by atoms with E-state index in [4.69, 9.17) is 0 Å². The Morgan fingerprint density at radius 1 is 1.25 bits per heavy atom. The van der Waals surface area contributed by atoms with Gasteiger partial charge in [-0.15, -0.1) is 0 Å². The molecule has 1 heterocycles. The lowest BCUT2D eigenvalue weighted by Crippen LogP contribution is -2.25. The van der Waals surface area contributed by atoms with Crippen LogP contribution >= 0.6 is 0 Å². The second-order valence-electron chi connectivity index (χ2n) is 4.98. The monoisotopic (exact) mass is 279 g/mol. The molecular weight excluding hydrogens is 254 g/mol. The molecule has 0 radical (unpaired) electrons. The van der Waals surface area contributed by atoms with Crippen LogP contribution < -0.4 is 10.6 Å². The lowest BCUT2D eigenvalue weighted by atomic mass is 10.3. The van der Waals surface area contributed by atoms with Crippen molar-refractivity contribution >= 4 is 11.7 Å². The normalized spacial score (nSPS) is 10.6. The number of hydrogen-bond donors (Lipinski definition) is 2. The molecule has 1 aromatic heterocycles. The maximum Gasteiger partial charge on any atom is 0.270 e. The van der Waals surface area contributed by atoms with Gasteiger partial charge >= 0.3 is 0 Å². The standard InChI is InChI=1S/C14H25N5O/c1-4-5-7-16-14(20)12-10-13(18-11-17-12)15-8-6-9-19(2)3/h10-11H,4-9H2,1-3H3,(H,16,20)(H,15,17,18). The van der Waals surface area contributed by atoms with E-state index in [1.807, 2.05) is 14.1 Å². The molecule has 0 aliphatic carbocycles. The average Bonchev–Trinajstić information content (AvgIpc) is 2.44. The summed E-state index contributed by atoms with van der Waals surface area (Å²) in [5.74, 6) is 0.552. The molecule has 2 N–H and O–H groups in total. The lowest BCUT2D eigenvalue weighted by Gasteiger charge is -2.10. The minimum Gasteiger partial charge on any atom is -0.370 e. The van der Waals surface area contributed by atoms with E-state index in [0.29, 0.717) is 18.1 Å². The van der Waals surface area contributed by atoms with E-state index in [2.05, 4.69) is 32.4 Å². The van der Waals surface area contributed by atoms with Gasteiger partial charge in [0.25, 0.3) is 5.91 Å². The highest BCUT2D eigenvalue weighted by molar-refractivity contribution is 5.92. The van der Waals surface area contributed by atoms with Gasteiger partial charge in [0.1, 0.15) is 17.8 Å². The van der Waals surface area contributed by atoms with Gasteiger partial charge in [-0.1, -0.05) is 13.3 Å². The summed E-state index contributed by atoms with van der Waals surface area (Å²) in [4.78, 5) is 22.1. The van der Waals surface area contributed by atoms with E-state index in [1.165, 1.54) is 6.33 Å². The van der Waals surface area contributed by atoms with Gasteiger partial charge in [-0.3, -0.25) is 4.79 Å². The molecule has 0 atom stereocenters. The van der Waals surface area contributed by atoms with E-state index >= 15 is 0 Å². The van der Waals surface area contributed by atoms with Crippen molar-refractivity contribution in [2.24, 2.45) is 0 Å². The predicted molar refractivity (Wildman–Crippen MR) is 80.9 cm³/mol. The van der Waals surface area contributed by atoms with Crippen molar-refractivity contribution in [3.05, 3.63) is 18.1 Å². The maximum absolute atomic E-state index is 11.9. The number of rotatable bonds is 9. The predicted octanol–water partition coefficient (Wildman–Crippen LogP) is 1.37. The van der Waals surface area contributed by atoms with Gasteiger partial charge in [0.2, 0.25) is 0 Å². The first-order valence-electron chi connectivity index (χ1n) is 7.12. The summed E-state index contributed by atoms with van der Waals surface area (Å²) in [5.41, 5.74) is 0.409. The van der Waals surface area contributed by atoms with Crippen LogP contribution in [0.4, 0.5) is 5.82 Å². The fraction of sp³-hybridized carbons (Fsp3) is 0.643. The molecular formula is C14H25N5O. The number of carbonyl (C=O) groups excluding carboxylic acids is 1. The van der Waals surface area contributed by atoms with E-state index in [9.17, 15) is 4.79 Å². The zero-order valence-electron chi connectivity index (χ0n) is 12.6. The molecule has 0 aliphatic heterocycles. The first-order valence-corrected chi connectivity index (χ1v) is 7.12. The summed E-state index contributed by atoms with van der Waals surface area (Å²) in [5, 5.41) is 6.05. The van der Waals surface area contributed by atoms with Crippen LogP contribution in [0.15, 0.2) is 12.4 Å². The first kappa shape index (κ1) is 16.4. The molecule has 0 aliphatic rings. The van der Waals surface area contributed by atoms with Crippen molar-refractivity contribution in [3.8, 4) is 0 Å². The second kappa shape index (κ2) is 9.25. The van der Waals surface area contributed by atoms with Gasteiger partial charge in [0, 0.05) is 19.2 Å². The van der Waals surface area contributed by atoms with Crippen LogP contribution in [0.25, 0.3) is 0 Å². The number of hydrogen-bond acceptors (Lipinski definition) is 5. The average molecular weight is 279 g/mol. The number of nitrogens with one attached hydrogen (secondary N) is 2. The highest BCUT2D eigenvalue weighted by Gasteiger charge is 2.07. The largest absolute Gasteiger partial charge is 0.370 e. The lowest BCUT2D eigenvalue weighted by molar-refractivity contribution is 0.0948. The number of amides is 1. The Bertz CT molecular complexity index is 408. The Kier molecular flexibility index (Phi) is 7.57. The highest BCUT2D eigenvalue weighted by Crippen LogP contribution is 2.04. The summed E-state index contributed by atoms with van der Waals surface area (Å²) < 4.78 is 0. The Labute approximate surface area is 121 Å². The van der Waals surface area contributed by atoms with Gasteiger partial charge in [0.15, 0.2) is 0 Å². The SMILES string of the molecule is CCCCNC(=O)c1cc(NCCCN(C)C)ncn1. The van der Waals surface area contributed by atoms with Crippen LogP contribution in [-0.2, 0) is 0 Å². The summed E-state index contributed by atoms with van der Waals surface area (Å²) in [6, 6.07) is 1.69. The fourth-order valence-electron chi connectivity index (χ4n) is 1.66. The van der Waals surface area contributed by atoms with Gasteiger partial charge in [-0.25, -0.2) is 9.97 Å². The minimum absolute atomic E-state index is 0.141. The summed E-state index contributed by atoms with van der Waals surface area (Å²) in [6.45, 7) is 4.62. The molecule has 1 amide bonds. The van der Waals surface area contributed by atoms with E-state index < -0.39 is 0 Å². The molecule has 6 nitrogen and oxygen atoms in total. The number of aromatic nitrogens is 2. The zero-order chi connectivity index (χ0) is 14.8. The summed E-state index contributed by atoms with van der Waals surface area (Å²) in [7, 11) is 4.09. The van der Waals surface area contributed by atoms with Crippen LogP contribution in [0.2, 0.25) is 0 Å². The smallest absolute Gasteiger partial charge is 0.270 e. The molecule has 6 heteroatoms. The highest BCUT2D eigenvalue weighted by atomic mass is 16.1. The van der Waals surface area contributed by atoms with Gasteiger partial charge in [-0.05, 0) is 33.5 Å². The molecule has 0 bridgehead atoms. The van der Waals surface area contributed by atoms with E-state index in [-0.39, 0.29) is 5.91 Å². The zero-order valence-corrected chi connectivity index (χ0v) is 12.6. The van der Waals surface area contributed by atoms with Gasteiger partial charge < -0.3 is 15.5 Å². The molecule has 112 valence electrons. The molecule has 0 unspecified atom stereocenters. The molecule has 1 rings (SSSR count). The first-order chi connectivity index (χ1) is 9.63. The van der Waals surface area contributed by atoms with E-state index in [0.717, 1.165) is 32.4 Å². The summed E-state index contributed by atoms with van der Waals surface area (Å²) in [6.07, 6.45) is 4.48. The van der Waals surface area contributed by atoms with Crippen molar-refractivity contribution in [3.63, 3.8) is 0 Å². The topological polar surface area (TPSA) is 70.2 Å². The van der Waals surface area contributed by atoms with Crippen LogP contribution in [0.5, 0.6) is 0 Å². The number of anilines is 1. The molecule has 20 heavy (non-hydrogen) atoms. The molecule has 0 aromatic carbocycles. The van der Waals surface area contributed by atoms with E-state index in [1.54, 1.807) is 6.07 Å². The van der Waals surface area contributed by atoms with Crippen molar-refractivity contribution in [1.29, 1.82) is 0 Å². The molecule has 0 saturated carbocycles. The number of nitrogens with zero attached hydrogens (tertiary/aromatic N) is 3. The van der Waals surface area contributed by atoms with Gasteiger partial charge in [0.05, 0.1) is 0 Å². The quantitative estimate of drug-likeness (QED) is 0.668. The number of unbranched alkanes of at least 4 members (excludes halogenated alkanes) is 1. The number of carbonyl (C=O) groups is 1. The Balaban J connectivity index is 2.42. The molecule has 0 fully saturated rings. The molecule has 0 spiro atoms. The second-order valence-corrected chi connectivity index (χ2v) is 4.98. The fourth-order valence-corrected chi connectivity index (χ4v) is 1.66. The van der Waals surface area contributed by atoms with Crippen LogP contribution in [0.1, 0.15) is 36.7 Å².